The molecule has 3 aromatic rings. The number of anilines is 1. The van der Waals surface area contributed by atoms with E-state index in [-0.39, 0.29) is 5.56 Å². The Morgan fingerprint density at radius 3 is 2.71 bits per heavy atom. The van der Waals surface area contributed by atoms with Crippen LogP contribution in [-0.4, -0.2) is 16.1 Å². The maximum absolute atomic E-state index is 12.6. The van der Waals surface area contributed by atoms with E-state index >= 15 is 0 Å². The number of hydrogen-bond acceptors (Lipinski definition) is 3. The number of halogens is 1. The molecule has 122 valence electrons. The molecule has 1 N–H and O–H groups in total. The van der Waals surface area contributed by atoms with Crippen LogP contribution in [0.4, 0.5) is 5.82 Å². The van der Waals surface area contributed by atoms with Crippen molar-refractivity contribution >= 4 is 17.4 Å². The van der Waals surface area contributed by atoms with Crippen LogP contribution in [0.15, 0.2) is 65.7 Å². The number of nitrogens with one attached hydrogen (secondary N) is 1. The summed E-state index contributed by atoms with van der Waals surface area (Å²) >= 11 is 5.88. The average molecular weight is 340 g/mol. The molecule has 0 aliphatic carbocycles. The summed E-state index contributed by atoms with van der Waals surface area (Å²) in [6.07, 6.45) is 4.10. The van der Waals surface area contributed by atoms with Gasteiger partial charge in [0.2, 0.25) is 0 Å². The average Bonchev–Trinajstić information content (AvgIpc) is 2.58. The van der Waals surface area contributed by atoms with Gasteiger partial charge in [-0.15, -0.1) is 0 Å². The Morgan fingerprint density at radius 2 is 1.96 bits per heavy atom. The summed E-state index contributed by atoms with van der Waals surface area (Å²) < 4.78 is 1.60. The molecule has 1 heterocycles. The third kappa shape index (κ3) is 3.84. The van der Waals surface area contributed by atoms with E-state index in [9.17, 15) is 4.79 Å². The normalized spacial score (nSPS) is 10.6. The van der Waals surface area contributed by atoms with Crippen LogP contribution in [0.5, 0.6) is 0 Å². The van der Waals surface area contributed by atoms with Crippen molar-refractivity contribution in [2.45, 2.75) is 13.3 Å². The van der Waals surface area contributed by atoms with E-state index in [0.29, 0.717) is 12.4 Å². The fraction of sp³-hybridized carbons (Fsp3) is 0.158. The highest BCUT2D eigenvalue weighted by Crippen LogP contribution is 2.11. The lowest BCUT2D eigenvalue weighted by molar-refractivity contribution is 0.931. The van der Waals surface area contributed by atoms with E-state index in [2.05, 4.69) is 10.3 Å². The summed E-state index contributed by atoms with van der Waals surface area (Å²) in [4.78, 5) is 16.8. The molecule has 0 saturated heterocycles. The molecular formula is C19H18ClN3O. The molecule has 5 heteroatoms. The molecule has 4 nitrogen and oxygen atoms in total. The molecule has 0 aliphatic heterocycles. The van der Waals surface area contributed by atoms with Crippen LogP contribution in [0.25, 0.3) is 5.69 Å². The maximum Gasteiger partial charge on any atom is 0.297 e. The largest absolute Gasteiger partial charge is 0.365 e. The zero-order valence-corrected chi connectivity index (χ0v) is 14.1. The van der Waals surface area contributed by atoms with Crippen LogP contribution < -0.4 is 10.9 Å². The van der Waals surface area contributed by atoms with Gasteiger partial charge in [-0.25, -0.2) is 4.98 Å². The molecule has 0 radical (unpaired) electrons. The van der Waals surface area contributed by atoms with Crippen LogP contribution >= 0.6 is 11.6 Å². The summed E-state index contributed by atoms with van der Waals surface area (Å²) in [6, 6.07) is 15.5. The number of hydrogen-bond donors (Lipinski definition) is 1. The fourth-order valence-corrected chi connectivity index (χ4v) is 2.62. The fourth-order valence-electron chi connectivity index (χ4n) is 2.49. The molecular weight excluding hydrogens is 322 g/mol. The smallest absolute Gasteiger partial charge is 0.297 e. The molecule has 0 unspecified atom stereocenters. The third-order valence-corrected chi connectivity index (χ3v) is 3.99. The first-order valence-corrected chi connectivity index (χ1v) is 8.14. The Morgan fingerprint density at radius 1 is 1.17 bits per heavy atom. The second-order valence-electron chi connectivity index (χ2n) is 5.59. The van der Waals surface area contributed by atoms with E-state index in [1.807, 2.05) is 55.5 Å². The van der Waals surface area contributed by atoms with Crippen molar-refractivity contribution < 1.29 is 0 Å². The van der Waals surface area contributed by atoms with E-state index in [4.69, 9.17) is 11.6 Å². The SMILES string of the molecule is Cc1cccc(-n2ccnc(NCCc3ccc(Cl)cc3)c2=O)c1. The van der Waals surface area contributed by atoms with Gasteiger partial charge in [0.05, 0.1) is 0 Å². The Kier molecular flexibility index (Phi) is 4.96. The van der Waals surface area contributed by atoms with E-state index in [0.717, 1.165) is 28.3 Å². The van der Waals surface area contributed by atoms with Crippen molar-refractivity contribution in [2.75, 3.05) is 11.9 Å². The van der Waals surface area contributed by atoms with Crippen molar-refractivity contribution in [3.63, 3.8) is 0 Å². The predicted octanol–water partition coefficient (Wildman–Crippen LogP) is 3.85. The first-order valence-electron chi connectivity index (χ1n) is 7.76. The highest BCUT2D eigenvalue weighted by atomic mass is 35.5. The van der Waals surface area contributed by atoms with E-state index in [1.54, 1.807) is 17.0 Å². The highest BCUT2D eigenvalue weighted by Gasteiger charge is 2.06. The minimum Gasteiger partial charge on any atom is -0.365 e. The van der Waals surface area contributed by atoms with Gasteiger partial charge in [-0.05, 0) is 48.7 Å². The Bertz CT molecular complexity index is 888. The van der Waals surface area contributed by atoms with Gasteiger partial charge in [0.15, 0.2) is 5.82 Å². The number of aryl methyl sites for hydroxylation is 1. The molecule has 0 bridgehead atoms. The minimum absolute atomic E-state index is 0.154. The molecule has 2 aromatic carbocycles. The van der Waals surface area contributed by atoms with Crippen LogP contribution in [0.1, 0.15) is 11.1 Å². The topological polar surface area (TPSA) is 46.9 Å². The van der Waals surface area contributed by atoms with Crippen LogP contribution in [0, 0.1) is 6.92 Å². The standard InChI is InChI=1S/C19H18ClN3O/c1-14-3-2-4-17(13-14)23-12-11-22-18(19(23)24)21-10-9-15-5-7-16(20)8-6-15/h2-8,11-13H,9-10H2,1H3,(H,21,22). The lowest BCUT2D eigenvalue weighted by Crippen LogP contribution is -2.24. The molecule has 0 spiro atoms. The monoisotopic (exact) mass is 339 g/mol. The molecule has 24 heavy (non-hydrogen) atoms. The van der Waals surface area contributed by atoms with Gasteiger partial charge in [0.1, 0.15) is 0 Å². The van der Waals surface area contributed by atoms with Crippen molar-refractivity contribution in [3.05, 3.63) is 87.4 Å². The molecule has 0 atom stereocenters. The third-order valence-electron chi connectivity index (χ3n) is 3.74. The van der Waals surface area contributed by atoms with Gasteiger partial charge in [-0.3, -0.25) is 9.36 Å². The molecule has 1 aromatic heterocycles. The Hall–Kier alpha value is -2.59. The summed E-state index contributed by atoms with van der Waals surface area (Å²) in [6.45, 7) is 2.63. The number of rotatable bonds is 5. The zero-order chi connectivity index (χ0) is 16.9. The lowest BCUT2D eigenvalue weighted by Gasteiger charge is -2.10. The number of nitrogens with zero attached hydrogens (tertiary/aromatic N) is 2. The van der Waals surface area contributed by atoms with Crippen molar-refractivity contribution in [3.8, 4) is 5.69 Å². The number of benzene rings is 2. The van der Waals surface area contributed by atoms with Gasteiger partial charge >= 0.3 is 0 Å². The lowest BCUT2D eigenvalue weighted by atomic mass is 10.1. The zero-order valence-electron chi connectivity index (χ0n) is 13.4. The molecule has 3 rings (SSSR count). The molecule has 0 saturated carbocycles. The van der Waals surface area contributed by atoms with Crippen LogP contribution in [-0.2, 0) is 6.42 Å². The first kappa shape index (κ1) is 16.3. The molecule has 0 amide bonds. The van der Waals surface area contributed by atoms with Crippen LogP contribution in [0.3, 0.4) is 0 Å². The van der Waals surface area contributed by atoms with Gasteiger partial charge in [0.25, 0.3) is 5.56 Å². The summed E-state index contributed by atoms with van der Waals surface area (Å²) in [5.41, 5.74) is 2.94. The summed E-state index contributed by atoms with van der Waals surface area (Å²) in [5.74, 6) is 0.355. The summed E-state index contributed by atoms with van der Waals surface area (Å²) in [7, 11) is 0. The Balaban J connectivity index is 1.74. The van der Waals surface area contributed by atoms with Gasteiger partial charge in [0, 0.05) is 29.6 Å². The van der Waals surface area contributed by atoms with Gasteiger partial charge in [-0.1, -0.05) is 35.9 Å². The van der Waals surface area contributed by atoms with E-state index < -0.39 is 0 Å². The van der Waals surface area contributed by atoms with Crippen molar-refractivity contribution in [2.24, 2.45) is 0 Å². The second kappa shape index (κ2) is 7.32. The maximum atomic E-state index is 12.6. The molecule has 0 fully saturated rings. The summed E-state index contributed by atoms with van der Waals surface area (Å²) in [5, 5.41) is 3.84. The molecule has 0 aliphatic rings. The van der Waals surface area contributed by atoms with Crippen molar-refractivity contribution in [1.29, 1.82) is 0 Å². The highest BCUT2D eigenvalue weighted by molar-refractivity contribution is 6.30. The van der Waals surface area contributed by atoms with Gasteiger partial charge < -0.3 is 5.32 Å². The van der Waals surface area contributed by atoms with Gasteiger partial charge in [-0.2, -0.15) is 0 Å². The quantitative estimate of drug-likeness (QED) is 0.768. The van der Waals surface area contributed by atoms with E-state index in [1.165, 1.54) is 0 Å². The minimum atomic E-state index is -0.154. The Labute approximate surface area is 145 Å². The second-order valence-corrected chi connectivity index (χ2v) is 6.03. The van der Waals surface area contributed by atoms with Crippen LogP contribution in [0.2, 0.25) is 5.02 Å². The van der Waals surface area contributed by atoms with Crippen molar-refractivity contribution in [1.82, 2.24) is 9.55 Å². The number of aromatic nitrogens is 2. The predicted molar refractivity (Wildman–Crippen MR) is 98.2 cm³/mol. The first-order chi connectivity index (χ1) is 11.6.